The summed E-state index contributed by atoms with van der Waals surface area (Å²) in [7, 11) is 0. The maximum Gasteiger partial charge on any atom is 0.293 e. The number of imide groups is 1. The molecule has 0 bridgehead atoms. The Morgan fingerprint density at radius 3 is 3.00 bits per heavy atom. The van der Waals surface area contributed by atoms with Gasteiger partial charge in [-0.1, -0.05) is 6.58 Å². The molecule has 0 aliphatic carbocycles. The minimum Gasteiger partial charge on any atom is -0.315 e. The van der Waals surface area contributed by atoms with Crippen molar-refractivity contribution in [3.8, 4) is 0 Å². The van der Waals surface area contributed by atoms with Crippen molar-refractivity contribution in [1.29, 1.82) is 0 Å². The fourth-order valence-corrected chi connectivity index (χ4v) is 2.77. The third-order valence-corrected chi connectivity index (χ3v) is 3.68. The van der Waals surface area contributed by atoms with Crippen LogP contribution >= 0.6 is 0 Å². The highest BCUT2D eigenvalue weighted by Gasteiger charge is 2.55. The summed E-state index contributed by atoms with van der Waals surface area (Å²) in [6.07, 6.45) is 2.13. The molecule has 1 unspecified atom stereocenters. The lowest BCUT2D eigenvalue weighted by atomic mass is 9.84. The minimum atomic E-state index is -1.15. The summed E-state index contributed by atoms with van der Waals surface area (Å²) < 4.78 is 13.1. The average Bonchev–Trinajstić information content (AvgIpc) is 2.97. The predicted octanol–water partition coefficient (Wildman–Crippen LogP) is 0.669. The van der Waals surface area contributed by atoms with Crippen LogP contribution in [0.25, 0.3) is 0 Å². The van der Waals surface area contributed by atoms with Crippen molar-refractivity contribution in [3.63, 3.8) is 0 Å². The third kappa shape index (κ3) is 1.46. The molecule has 1 N–H and O–H groups in total. The second-order valence-corrected chi connectivity index (χ2v) is 4.73. The van der Waals surface area contributed by atoms with E-state index < -0.39 is 23.1 Å². The van der Waals surface area contributed by atoms with Gasteiger partial charge in [0.1, 0.15) is 5.41 Å². The van der Waals surface area contributed by atoms with Crippen molar-refractivity contribution >= 4 is 17.5 Å². The topological polar surface area (TPSA) is 62.3 Å². The van der Waals surface area contributed by atoms with E-state index in [0.29, 0.717) is 30.9 Å². The van der Waals surface area contributed by atoms with E-state index >= 15 is 0 Å². The van der Waals surface area contributed by atoms with E-state index in [0.717, 1.165) is 4.90 Å². The molecular formula is C13H12FN3O2. The molecule has 98 valence electrons. The number of fused-ring (bicyclic) bond motifs is 2. The molecule has 3 heterocycles. The van der Waals surface area contributed by atoms with Gasteiger partial charge < -0.3 is 5.32 Å². The van der Waals surface area contributed by atoms with E-state index in [1.807, 2.05) is 0 Å². The Bertz CT molecular complexity index is 593. The van der Waals surface area contributed by atoms with Crippen LogP contribution in [0.2, 0.25) is 0 Å². The Morgan fingerprint density at radius 1 is 1.58 bits per heavy atom. The van der Waals surface area contributed by atoms with E-state index in [2.05, 4.69) is 16.9 Å². The molecule has 0 saturated carbocycles. The number of nitrogens with one attached hydrogen (secondary N) is 1. The number of amides is 2. The van der Waals surface area contributed by atoms with Gasteiger partial charge in [0.25, 0.3) is 5.91 Å². The van der Waals surface area contributed by atoms with E-state index in [-0.39, 0.29) is 0 Å². The first-order chi connectivity index (χ1) is 9.08. The molecule has 0 radical (unpaired) electrons. The molecule has 1 aromatic heterocycles. The van der Waals surface area contributed by atoms with Crippen molar-refractivity contribution in [3.05, 3.63) is 36.4 Å². The van der Waals surface area contributed by atoms with Gasteiger partial charge >= 0.3 is 0 Å². The molecule has 5 nitrogen and oxygen atoms in total. The van der Waals surface area contributed by atoms with Crippen molar-refractivity contribution in [2.24, 2.45) is 0 Å². The van der Waals surface area contributed by atoms with Crippen LogP contribution in [-0.4, -0.2) is 29.9 Å². The van der Waals surface area contributed by atoms with Gasteiger partial charge in [-0.15, -0.1) is 0 Å². The summed E-state index contributed by atoms with van der Waals surface area (Å²) in [4.78, 5) is 29.5. The zero-order valence-electron chi connectivity index (χ0n) is 10.1. The fourth-order valence-electron chi connectivity index (χ4n) is 2.77. The molecule has 1 atom stereocenters. The van der Waals surface area contributed by atoms with Crippen LogP contribution in [0.1, 0.15) is 12.1 Å². The second kappa shape index (κ2) is 3.96. The van der Waals surface area contributed by atoms with Crippen LogP contribution in [0.15, 0.2) is 30.7 Å². The quantitative estimate of drug-likeness (QED) is 0.755. The standard InChI is InChI=1S/C13H12FN3O2/c1-8(14)11(18)17-9-3-2-5-16-10(9)13(12(17)19)4-6-15-7-13/h2-3,5,15H,1,4,6-7H2. The lowest BCUT2D eigenvalue weighted by Gasteiger charge is -2.20. The Labute approximate surface area is 109 Å². The van der Waals surface area contributed by atoms with E-state index in [9.17, 15) is 14.0 Å². The lowest BCUT2D eigenvalue weighted by molar-refractivity contribution is -0.127. The first-order valence-corrected chi connectivity index (χ1v) is 5.97. The van der Waals surface area contributed by atoms with Crippen molar-refractivity contribution in [2.75, 3.05) is 18.0 Å². The number of rotatable bonds is 1. The van der Waals surface area contributed by atoms with Gasteiger partial charge in [0.15, 0.2) is 5.83 Å². The van der Waals surface area contributed by atoms with Crippen LogP contribution in [0.4, 0.5) is 10.1 Å². The van der Waals surface area contributed by atoms with Gasteiger partial charge in [-0.05, 0) is 25.1 Å². The van der Waals surface area contributed by atoms with E-state index in [1.165, 1.54) is 0 Å². The zero-order chi connectivity index (χ0) is 13.6. The largest absolute Gasteiger partial charge is 0.315 e. The van der Waals surface area contributed by atoms with E-state index in [1.54, 1.807) is 18.3 Å². The lowest BCUT2D eigenvalue weighted by Crippen LogP contribution is -2.44. The van der Waals surface area contributed by atoms with Crippen LogP contribution in [0.5, 0.6) is 0 Å². The van der Waals surface area contributed by atoms with Crippen LogP contribution in [-0.2, 0) is 15.0 Å². The number of nitrogens with zero attached hydrogens (tertiary/aromatic N) is 2. The summed E-state index contributed by atoms with van der Waals surface area (Å²) in [5, 5.41) is 3.10. The molecule has 0 aromatic carbocycles. The summed E-state index contributed by atoms with van der Waals surface area (Å²) >= 11 is 0. The smallest absolute Gasteiger partial charge is 0.293 e. The summed E-state index contributed by atoms with van der Waals surface area (Å²) in [5.41, 5.74) is 0.0569. The Hall–Kier alpha value is -2.08. The van der Waals surface area contributed by atoms with Crippen LogP contribution in [0, 0.1) is 0 Å². The molecule has 2 amide bonds. The van der Waals surface area contributed by atoms with E-state index in [4.69, 9.17) is 0 Å². The Balaban J connectivity index is 2.17. The first-order valence-electron chi connectivity index (χ1n) is 5.97. The van der Waals surface area contributed by atoms with Gasteiger partial charge in [-0.25, -0.2) is 9.29 Å². The number of carbonyl (C=O) groups is 2. The number of pyridine rings is 1. The fraction of sp³-hybridized carbons (Fsp3) is 0.308. The molecule has 1 saturated heterocycles. The summed E-state index contributed by atoms with van der Waals surface area (Å²) in [5.74, 6) is -2.58. The first kappa shape index (κ1) is 12.0. The minimum absolute atomic E-state index is 0.361. The van der Waals surface area contributed by atoms with Crippen molar-refractivity contribution < 1.29 is 14.0 Å². The molecule has 3 rings (SSSR count). The highest BCUT2D eigenvalue weighted by Crippen LogP contribution is 2.44. The van der Waals surface area contributed by atoms with Gasteiger partial charge in [0.05, 0.1) is 11.4 Å². The van der Waals surface area contributed by atoms with Crippen LogP contribution < -0.4 is 10.2 Å². The monoisotopic (exact) mass is 261 g/mol. The van der Waals surface area contributed by atoms with Gasteiger partial charge in [-0.3, -0.25) is 14.6 Å². The zero-order valence-corrected chi connectivity index (χ0v) is 10.1. The number of carbonyl (C=O) groups excluding carboxylic acids is 2. The van der Waals surface area contributed by atoms with Crippen molar-refractivity contribution in [2.45, 2.75) is 11.8 Å². The maximum atomic E-state index is 13.1. The summed E-state index contributed by atoms with van der Waals surface area (Å²) in [6.45, 7) is 4.06. The normalized spacial score (nSPS) is 24.9. The number of aromatic nitrogens is 1. The molecule has 1 aromatic rings. The Kier molecular flexibility index (Phi) is 2.50. The molecular weight excluding hydrogens is 249 g/mol. The Morgan fingerprint density at radius 2 is 2.37 bits per heavy atom. The molecule has 1 fully saturated rings. The highest BCUT2D eigenvalue weighted by molar-refractivity contribution is 6.26. The highest BCUT2D eigenvalue weighted by atomic mass is 19.1. The number of hydrogen-bond acceptors (Lipinski definition) is 4. The van der Waals surface area contributed by atoms with Crippen LogP contribution in [0.3, 0.4) is 0 Å². The summed E-state index contributed by atoms with van der Waals surface area (Å²) in [6, 6.07) is 3.23. The maximum absolute atomic E-state index is 13.1. The SMILES string of the molecule is C=C(F)C(=O)N1C(=O)C2(CCNC2)c2ncccc21. The molecule has 2 aliphatic rings. The molecule has 1 spiro atoms. The van der Waals surface area contributed by atoms with Gasteiger partial charge in [0, 0.05) is 12.7 Å². The number of halogens is 1. The van der Waals surface area contributed by atoms with Crippen molar-refractivity contribution in [1.82, 2.24) is 10.3 Å². The molecule has 6 heteroatoms. The number of anilines is 1. The third-order valence-electron chi connectivity index (χ3n) is 3.68. The molecule has 19 heavy (non-hydrogen) atoms. The number of hydrogen-bond donors (Lipinski definition) is 1. The average molecular weight is 261 g/mol. The second-order valence-electron chi connectivity index (χ2n) is 4.73. The molecule has 2 aliphatic heterocycles. The van der Waals surface area contributed by atoms with Gasteiger partial charge in [0.2, 0.25) is 5.91 Å². The van der Waals surface area contributed by atoms with Gasteiger partial charge in [-0.2, -0.15) is 0 Å². The predicted molar refractivity (Wildman–Crippen MR) is 66.1 cm³/mol.